The number of nitrogens with one attached hydrogen (secondary N) is 1. The van der Waals surface area contributed by atoms with Crippen molar-refractivity contribution in [2.45, 2.75) is 45.3 Å². The number of likely N-dealkylation sites (tertiary alicyclic amines) is 1. The minimum Gasteiger partial charge on any atom is -0.483 e. The van der Waals surface area contributed by atoms with Crippen LogP contribution in [-0.2, 0) is 16.6 Å². The first-order chi connectivity index (χ1) is 13.8. The largest absolute Gasteiger partial charge is 0.483 e. The summed E-state index contributed by atoms with van der Waals surface area (Å²) in [6.45, 7) is 9.75. The molecule has 8 nitrogen and oxygen atoms in total. The summed E-state index contributed by atoms with van der Waals surface area (Å²) in [6, 6.07) is 0. The van der Waals surface area contributed by atoms with E-state index in [2.05, 4.69) is 35.1 Å². The third kappa shape index (κ3) is 4.09. The molecule has 4 rings (SSSR count). The van der Waals surface area contributed by atoms with Crippen molar-refractivity contribution in [3.63, 3.8) is 0 Å². The first-order valence-electron chi connectivity index (χ1n) is 10.2. The quantitative estimate of drug-likeness (QED) is 0.572. The smallest absolute Gasteiger partial charge is 0.290 e. The van der Waals surface area contributed by atoms with Crippen LogP contribution in [-0.4, -0.2) is 69.8 Å². The lowest BCUT2D eigenvalue weighted by Crippen LogP contribution is -2.42. The van der Waals surface area contributed by atoms with E-state index >= 15 is 0 Å². The lowest BCUT2D eigenvalue weighted by atomic mass is 9.73. The highest BCUT2D eigenvalue weighted by Gasteiger charge is 2.62. The van der Waals surface area contributed by atoms with Crippen molar-refractivity contribution in [2.24, 2.45) is 18.9 Å². The number of allylic oxidation sites excluding steroid dienone is 1. The first-order valence-corrected chi connectivity index (χ1v) is 10.2. The van der Waals surface area contributed by atoms with Gasteiger partial charge in [-0.05, 0) is 33.6 Å². The van der Waals surface area contributed by atoms with Gasteiger partial charge in [-0.3, -0.25) is 14.5 Å². The number of amides is 1. The molecule has 3 fully saturated rings. The maximum absolute atomic E-state index is 12.6. The zero-order chi connectivity index (χ0) is 21.2. The highest BCUT2D eigenvalue weighted by Crippen LogP contribution is 2.54. The zero-order valence-electron chi connectivity index (χ0n) is 17.7. The van der Waals surface area contributed by atoms with E-state index in [9.17, 15) is 4.79 Å². The Bertz CT molecular complexity index is 770. The number of carboxylic acid groups (broad SMARTS) is 1. The van der Waals surface area contributed by atoms with Crippen molar-refractivity contribution in [1.29, 1.82) is 0 Å². The van der Waals surface area contributed by atoms with Gasteiger partial charge in [-0.1, -0.05) is 11.6 Å². The summed E-state index contributed by atoms with van der Waals surface area (Å²) in [5.74, 6) is 0.912. The number of aromatic nitrogens is 2. The van der Waals surface area contributed by atoms with E-state index in [1.807, 2.05) is 14.0 Å². The first kappa shape index (κ1) is 21.5. The molecule has 0 aliphatic carbocycles. The fraction of sp³-hybridized carbons (Fsp3) is 0.667. The summed E-state index contributed by atoms with van der Waals surface area (Å²) in [5.41, 5.74) is 2.86. The van der Waals surface area contributed by atoms with Gasteiger partial charge in [0.15, 0.2) is 0 Å². The molecule has 1 amide bonds. The molecule has 1 spiro atoms. The van der Waals surface area contributed by atoms with Crippen LogP contribution >= 0.6 is 0 Å². The number of hydrogen-bond acceptors (Lipinski definition) is 5. The van der Waals surface area contributed by atoms with E-state index in [1.54, 1.807) is 10.9 Å². The van der Waals surface area contributed by atoms with Crippen LogP contribution in [0.5, 0.6) is 0 Å². The molecule has 160 valence electrons. The van der Waals surface area contributed by atoms with E-state index in [-0.39, 0.29) is 18.0 Å². The molecule has 0 radical (unpaired) electrons. The van der Waals surface area contributed by atoms with E-state index in [4.69, 9.17) is 14.6 Å². The molecule has 1 aromatic heterocycles. The normalized spacial score (nSPS) is 30.6. The highest BCUT2D eigenvalue weighted by molar-refractivity contribution is 5.93. The number of hydrogen-bond donors (Lipinski definition) is 2. The molecule has 0 unspecified atom stereocenters. The van der Waals surface area contributed by atoms with Crippen molar-refractivity contribution in [3.8, 4) is 0 Å². The van der Waals surface area contributed by atoms with Crippen LogP contribution < -0.4 is 5.32 Å². The highest BCUT2D eigenvalue weighted by atomic mass is 16.5. The predicted octanol–water partition coefficient (Wildman–Crippen LogP) is 1.60. The van der Waals surface area contributed by atoms with Crippen molar-refractivity contribution >= 4 is 12.4 Å². The Hall–Kier alpha value is -2.19. The van der Waals surface area contributed by atoms with E-state index in [0.717, 1.165) is 31.7 Å². The number of rotatable bonds is 5. The predicted molar refractivity (Wildman–Crippen MR) is 109 cm³/mol. The molecule has 4 atom stereocenters. The van der Waals surface area contributed by atoms with Crippen LogP contribution in [0.2, 0.25) is 0 Å². The van der Waals surface area contributed by atoms with Crippen molar-refractivity contribution < 1.29 is 19.4 Å². The van der Waals surface area contributed by atoms with Gasteiger partial charge in [0.25, 0.3) is 12.4 Å². The SMILES string of the molecule is C/C=C(\C)CN1C[C@@H]2[C@H](CNC(=O)c3c(C)ncn3C)[C@H]3CC[C@]2(C1)O3.O=CO. The van der Waals surface area contributed by atoms with Crippen LogP contribution in [0.4, 0.5) is 0 Å². The zero-order valence-corrected chi connectivity index (χ0v) is 17.7. The van der Waals surface area contributed by atoms with Crippen molar-refractivity contribution in [2.75, 3.05) is 26.2 Å². The van der Waals surface area contributed by atoms with Gasteiger partial charge in [0.2, 0.25) is 0 Å². The summed E-state index contributed by atoms with van der Waals surface area (Å²) in [7, 11) is 1.86. The number of aryl methyl sites for hydroxylation is 2. The fourth-order valence-electron chi connectivity index (χ4n) is 5.29. The topological polar surface area (TPSA) is 96.7 Å². The third-order valence-corrected chi connectivity index (χ3v) is 6.65. The number of carbonyl (C=O) groups is 2. The Kier molecular flexibility index (Phi) is 6.43. The van der Waals surface area contributed by atoms with Gasteiger partial charge >= 0.3 is 0 Å². The Labute approximate surface area is 171 Å². The standard InChI is InChI=1S/C20H30N4O2.CH2O2/c1-5-13(2)9-24-10-16-15(17-6-7-20(16,11-24)26-17)8-21-19(25)18-14(3)22-12-23(18)4;2-1-3/h5,12,15-17H,6-11H2,1-4H3,(H,21,25);1H,(H,2,3)/b13-5+;/t15-,16+,17+,20+;/m0./s1. The van der Waals surface area contributed by atoms with Gasteiger partial charge in [0.1, 0.15) is 5.69 Å². The molecule has 4 heterocycles. The van der Waals surface area contributed by atoms with E-state index in [1.165, 1.54) is 12.0 Å². The Balaban J connectivity index is 0.000000755. The summed E-state index contributed by atoms with van der Waals surface area (Å²) >= 11 is 0. The lowest BCUT2D eigenvalue weighted by Gasteiger charge is -2.29. The van der Waals surface area contributed by atoms with Crippen LogP contribution in [0.25, 0.3) is 0 Å². The molecule has 1 aromatic rings. The monoisotopic (exact) mass is 404 g/mol. The molecular formula is C21H32N4O4. The number of nitrogens with zero attached hydrogens (tertiary/aromatic N) is 3. The van der Waals surface area contributed by atoms with Gasteiger partial charge in [-0.25, -0.2) is 4.98 Å². The molecule has 2 bridgehead atoms. The molecule has 3 saturated heterocycles. The van der Waals surface area contributed by atoms with Crippen LogP contribution in [0.1, 0.15) is 42.9 Å². The van der Waals surface area contributed by atoms with Crippen LogP contribution in [0.15, 0.2) is 18.0 Å². The minimum atomic E-state index is -0.250. The summed E-state index contributed by atoms with van der Waals surface area (Å²) in [5, 5.41) is 10.0. The summed E-state index contributed by atoms with van der Waals surface area (Å²) < 4.78 is 8.27. The Morgan fingerprint density at radius 1 is 1.52 bits per heavy atom. The second kappa shape index (κ2) is 8.67. The van der Waals surface area contributed by atoms with E-state index in [0.29, 0.717) is 30.2 Å². The number of ether oxygens (including phenoxy) is 1. The summed E-state index contributed by atoms with van der Waals surface area (Å²) in [6.07, 6.45) is 6.48. The second-order valence-corrected chi connectivity index (χ2v) is 8.44. The van der Waals surface area contributed by atoms with E-state index < -0.39 is 0 Å². The molecular weight excluding hydrogens is 372 g/mol. The molecule has 2 N–H and O–H groups in total. The maximum Gasteiger partial charge on any atom is 0.290 e. The Morgan fingerprint density at radius 3 is 2.86 bits per heavy atom. The maximum atomic E-state index is 12.6. The van der Waals surface area contributed by atoms with Gasteiger partial charge in [-0.15, -0.1) is 0 Å². The molecule has 8 heteroatoms. The number of carbonyl (C=O) groups excluding carboxylic acids is 1. The van der Waals surface area contributed by atoms with Gasteiger partial charge < -0.3 is 19.7 Å². The van der Waals surface area contributed by atoms with Gasteiger partial charge in [-0.2, -0.15) is 0 Å². The van der Waals surface area contributed by atoms with Crippen molar-refractivity contribution in [1.82, 2.24) is 19.8 Å². The van der Waals surface area contributed by atoms with Crippen LogP contribution in [0.3, 0.4) is 0 Å². The molecule has 0 saturated carbocycles. The molecule has 3 aliphatic rings. The molecule has 3 aliphatic heterocycles. The summed E-state index contributed by atoms with van der Waals surface area (Å²) in [4.78, 5) is 27.7. The lowest BCUT2D eigenvalue weighted by molar-refractivity contribution is -0.122. The fourth-order valence-corrected chi connectivity index (χ4v) is 5.29. The number of fused-ring (bicyclic) bond motifs is 1. The van der Waals surface area contributed by atoms with Crippen LogP contribution in [0, 0.1) is 18.8 Å². The second-order valence-electron chi connectivity index (χ2n) is 8.44. The number of imidazole rings is 1. The van der Waals surface area contributed by atoms with Crippen molar-refractivity contribution in [3.05, 3.63) is 29.4 Å². The van der Waals surface area contributed by atoms with Gasteiger partial charge in [0, 0.05) is 45.1 Å². The molecule has 29 heavy (non-hydrogen) atoms. The third-order valence-electron chi connectivity index (χ3n) is 6.65. The molecule has 0 aromatic carbocycles. The average molecular weight is 405 g/mol. The average Bonchev–Trinajstić information content (AvgIpc) is 3.40. The Morgan fingerprint density at radius 2 is 2.24 bits per heavy atom. The minimum absolute atomic E-state index is 0.0243. The van der Waals surface area contributed by atoms with Gasteiger partial charge in [0.05, 0.1) is 23.7 Å².